The Bertz CT molecular complexity index is 1160. The van der Waals surface area contributed by atoms with Crippen molar-refractivity contribution < 1.29 is 5.11 Å². The Labute approximate surface area is 222 Å². The molecule has 0 spiro atoms. The zero-order valence-electron chi connectivity index (χ0n) is 20.8. The Hall–Kier alpha value is -2.13. The number of hydrogen-bond donors (Lipinski definition) is 2. The maximum Gasteiger partial charge on any atom is 0.256 e. The van der Waals surface area contributed by atoms with E-state index in [9.17, 15) is 5.11 Å². The van der Waals surface area contributed by atoms with Crippen LogP contribution in [0, 0.1) is 11.8 Å². The summed E-state index contributed by atoms with van der Waals surface area (Å²) in [5.41, 5.74) is 0.967. The molecule has 194 valence electrons. The van der Waals surface area contributed by atoms with Crippen LogP contribution in [0.3, 0.4) is 0 Å². The lowest BCUT2D eigenvalue weighted by molar-refractivity contribution is 0.114. The number of nitrogens with zero attached hydrogens (tertiary/aromatic N) is 6. The molecule has 2 aliphatic rings. The summed E-state index contributed by atoms with van der Waals surface area (Å²) in [4.78, 5) is 14.1. The second-order valence-electron chi connectivity index (χ2n) is 10.1. The van der Waals surface area contributed by atoms with Crippen LogP contribution >= 0.6 is 23.2 Å². The van der Waals surface area contributed by atoms with Crippen molar-refractivity contribution in [1.29, 1.82) is 0 Å². The first kappa shape index (κ1) is 25.5. The monoisotopic (exact) mass is 531 g/mol. The van der Waals surface area contributed by atoms with Crippen LogP contribution in [-0.4, -0.2) is 68.9 Å². The van der Waals surface area contributed by atoms with Crippen LogP contribution in [0.2, 0.25) is 10.0 Å². The summed E-state index contributed by atoms with van der Waals surface area (Å²) in [6, 6.07) is 7.58. The van der Waals surface area contributed by atoms with Gasteiger partial charge in [-0.25, -0.2) is 0 Å². The zero-order chi connectivity index (χ0) is 25.1. The summed E-state index contributed by atoms with van der Waals surface area (Å²) in [6.07, 6.45) is 7.36. The number of rotatable bonds is 8. The fourth-order valence-corrected chi connectivity index (χ4v) is 6.36. The fourth-order valence-electron chi connectivity index (χ4n) is 5.79. The summed E-state index contributed by atoms with van der Waals surface area (Å²) < 4.78 is 1.74. The highest BCUT2D eigenvalue weighted by Crippen LogP contribution is 2.34. The number of fused-ring (bicyclic) bond motifs is 1. The lowest BCUT2D eigenvalue weighted by atomic mass is 9.79. The molecule has 3 aromatic rings. The predicted molar refractivity (Wildman–Crippen MR) is 145 cm³/mol. The molecule has 2 aromatic heterocycles. The molecule has 5 rings (SSSR count). The van der Waals surface area contributed by atoms with Gasteiger partial charge in [0.05, 0.1) is 6.04 Å². The molecule has 2 aliphatic heterocycles. The number of aliphatic hydroxyl groups is 1. The lowest BCUT2D eigenvalue weighted by Gasteiger charge is -2.41. The van der Waals surface area contributed by atoms with Gasteiger partial charge in [-0.05, 0) is 75.1 Å². The molecule has 4 heterocycles. The first-order valence-corrected chi connectivity index (χ1v) is 13.8. The number of piperidine rings is 2. The summed E-state index contributed by atoms with van der Waals surface area (Å²) in [6.45, 7) is 7.70. The molecule has 2 atom stereocenters. The van der Waals surface area contributed by atoms with E-state index >= 15 is 0 Å². The third kappa shape index (κ3) is 5.72. The van der Waals surface area contributed by atoms with E-state index in [1.807, 2.05) is 12.1 Å². The Morgan fingerprint density at radius 1 is 1.11 bits per heavy atom. The first-order valence-electron chi connectivity index (χ1n) is 13.0. The molecule has 1 aromatic carbocycles. The molecular formula is C26H35Cl2N7O. The summed E-state index contributed by atoms with van der Waals surface area (Å²) in [7, 11) is 0. The minimum atomic E-state index is -0.0526. The van der Waals surface area contributed by atoms with Gasteiger partial charge >= 0.3 is 0 Å². The van der Waals surface area contributed by atoms with Crippen molar-refractivity contribution in [3.05, 3.63) is 46.2 Å². The van der Waals surface area contributed by atoms with Gasteiger partial charge in [0.15, 0.2) is 0 Å². The van der Waals surface area contributed by atoms with Crippen LogP contribution in [0.25, 0.3) is 5.78 Å². The van der Waals surface area contributed by atoms with Gasteiger partial charge in [0, 0.05) is 48.9 Å². The van der Waals surface area contributed by atoms with E-state index in [0.29, 0.717) is 15.8 Å². The number of aliphatic hydroxyl groups excluding tert-OH is 1. The van der Waals surface area contributed by atoms with Crippen molar-refractivity contribution >= 4 is 40.6 Å². The number of hydrogen-bond acceptors (Lipinski definition) is 7. The SMILES string of the molecule is C[C@@H](Nc1cc(N2CCC([C@H]3CCCN(CCCO)C3)CC2)nc2ncnn12)c1ccc(Cl)cc1Cl. The number of halogens is 2. The highest BCUT2D eigenvalue weighted by atomic mass is 35.5. The van der Waals surface area contributed by atoms with Crippen LogP contribution in [0.5, 0.6) is 0 Å². The fraction of sp³-hybridized carbons (Fsp3) is 0.577. The molecule has 2 fully saturated rings. The van der Waals surface area contributed by atoms with Crippen molar-refractivity contribution in [3.8, 4) is 0 Å². The minimum absolute atomic E-state index is 0.0526. The molecular weight excluding hydrogens is 497 g/mol. The van der Waals surface area contributed by atoms with Gasteiger partial charge in [-0.2, -0.15) is 19.6 Å². The number of nitrogens with one attached hydrogen (secondary N) is 1. The van der Waals surface area contributed by atoms with E-state index in [1.165, 1.54) is 45.1 Å². The van der Waals surface area contributed by atoms with Gasteiger partial charge in [-0.15, -0.1) is 0 Å². The van der Waals surface area contributed by atoms with Gasteiger partial charge in [-0.3, -0.25) is 0 Å². The van der Waals surface area contributed by atoms with Gasteiger partial charge in [0.25, 0.3) is 5.78 Å². The minimum Gasteiger partial charge on any atom is -0.396 e. The molecule has 8 nitrogen and oxygen atoms in total. The highest BCUT2D eigenvalue weighted by molar-refractivity contribution is 6.35. The van der Waals surface area contributed by atoms with E-state index in [-0.39, 0.29) is 12.6 Å². The lowest BCUT2D eigenvalue weighted by Crippen LogP contribution is -2.43. The Kier molecular flexibility index (Phi) is 8.15. The Morgan fingerprint density at radius 2 is 1.94 bits per heavy atom. The van der Waals surface area contributed by atoms with Gasteiger partial charge in [-0.1, -0.05) is 29.3 Å². The standard InChI is InChI=1S/C26H35Cl2N7O/c1-18(22-6-5-21(27)14-23(22)28)31-25-15-24(32-26-29-17-30-35(25)26)34-11-7-19(8-12-34)20-4-2-9-33(16-20)10-3-13-36/h5-6,14-15,17-20,31,36H,2-4,7-13,16H2,1H3/t18-,20+/m1/s1. The van der Waals surface area contributed by atoms with E-state index in [1.54, 1.807) is 10.6 Å². The average Bonchev–Trinajstić information content (AvgIpc) is 3.37. The highest BCUT2D eigenvalue weighted by Gasteiger charge is 2.30. The van der Waals surface area contributed by atoms with Gasteiger partial charge in [0.2, 0.25) is 0 Å². The average molecular weight is 533 g/mol. The molecule has 0 saturated carbocycles. The molecule has 0 amide bonds. The Balaban J connectivity index is 1.27. The second-order valence-corrected chi connectivity index (χ2v) is 11.0. The predicted octanol–water partition coefficient (Wildman–Crippen LogP) is 4.92. The number of anilines is 2. The van der Waals surface area contributed by atoms with Crippen molar-refractivity contribution in [2.75, 3.05) is 49.5 Å². The van der Waals surface area contributed by atoms with Crippen molar-refractivity contribution in [2.24, 2.45) is 11.8 Å². The summed E-state index contributed by atoms with van der Waals surface area (Å²) in [5.74, 6) is 3.85. The van der Waals surface area contributed by atoms with Crippen molar-refractivity contribution in [1.82, 2.24) is 24.5 Å². The molecule has 0 aliphatic carbocycles. The first-order chi connectivity index (χ1) is 17.5. The van der Waals surface area contributed by atoms with E-state index in [2.05, 4.69) is 38.2 Å². The third-order valence-electron chi connectivity index (χ3n) is 7.74. The summed E-state index contributed by atoms with van der Waals surface area (Å²) in [5, 5.41) is 18.4. The van der Waals surface area contributed by atoms with Crippen LogP contribution in [0.4, 0.5) is 11.6 Å². The van der Waals surface area contributed by atoms with Crippen LogP contribution < -0.4 is 10.2 Å². The third-order valence-corrected chi connectivity index (χ3v) is 8.30. The van der Waals surface area contributed by atoms with Crippen molar-refractivity contribution in [3.63, 3.8) is 0 Å². The molecule has 10 heteroatoms. The van der Waals surface area contributed by atoms with E-state index < -0.39 is 0 Å². The molecule has 0 unspecified atom stereocenters. The zero-order valence-corrected chi connectivity index (χ0v) is 22.3. The number of likely N-dealkylation sites (tertiary alicyclic amines) is 1. The largest absolute Gasteiger partial charge is 0.396 e. The molecule has 2 N–H and O–H groups in total. The Morgan fingerprint density at radius 3 is 2.72 bits per heavy atom. The van der Waals surface area contributed by atoms with Crippen molar-refractivity contribution in [2.45, 2.75) is 45.1 Å². The maximum atomic E-state index is 9.19. The maximum absolute atomic E-state index is 9.19. The van der Waals surface area contributed by atoms with E-state index in [4.69, 9.17) is 28.2 Å². The number of aromatic nitrogens is 4. The van der Waals surface area contributed by atoms with Gasteiger partial charge in [0.1, 0.15) is 18.0 Å². The van der Waals surface area contributed by atoms with Crippen LogP contribution in [-0.2, 0) is 0 Å². The second kappa shape index (κ2) is 11.5. The summed E-state index contributed by atoms with van der Waals surface area (Å²) >= 11 is 12.5. The topological polar surface area (TPSA) is 81.8 Å². The van der Waals surface area contributed by atoms with E-state index in [0.717, 1.165) is 55.1 Å². The van der Waals surface area contributed by atoms with Crippen LogP contribution in [0.1, 0.15) is 50.6 Å². The quantitative estimate of drug-likeness (QED) is 0.427. The molecule has 0 bridgehead atoms. The molecule has 36 heavy (non-hydrogen) atoms. The number of benzene rings is 1. The molecule has 0 radical (unpaired) electrons. The normalized spacial score (nSPS) is 20.7. The van der Waals surface area contributed by atoms with Crippen LogP contribution in [0.15, 0.2) is 30.6 Å². The smallest absolute Gasteiger partial charge is 0.256 e. The van der Waals surface area contributed by atoms with Gasteiger partial charge < -0.3 is 20.2 Å². The molecule has 2 saturated heterocycles.